The van der Waals surface area contributed by atoms with Gasteiger partial charge in [-0.2, -0.15) is 0 Å². The number of carbonyl (C=O) groups excluding carboxylic acids is 3. The summed E-state index contributed by atoms with van der Waals surface area (Å²) in [5.41, 5.74) is -0.475. The van der Waals surface area contributed by atoms with Crippen LogP contribution in [0.15, 0.2) is 0 Å². The van der Waals surface area contributed by atoms with E-state index in [-0.39, 0.29) is 29.7 Å². The maximum Gasteiger partial charge on any atom is 0.245 e. The molecule has 2 fully saturated rings. The standard InChI is InChI=1S/C20H35N3O4/c1-20(2,3)19(26)23-11-5-7-16(23)18(25)22-12-8-15(9-13-22)17(24)21-10-6-14-27-4/h15-16H,5-14H2,1-4H3,(H,21,24). The number of nitrogens with one attached hydrogen (secondary N) is 1. The highest BCUT2D eigenvalue weighted by Gasteiger charge is 2.41. The molecule has 1 N–H and O–H groups in total. The Morgan fingerprint density at radius 3 is 2.33 bits per heavy atom. The minimum atomic E-state index is -0.475. The van der Waals surface area contributed by atoms with Crippen molar-refractivity contribution in [2.24, 2.45) is 11.3 Å². The third-order valence-electron chi connectivity index (χ3n) is 5.44. The number of hydrogen-bond acceptors (Lipinski definition) is 4. The molecule has 27 heavy (non-hydrogen) atoms. The summed E-state index contributed by atoms with van der Waals surface area (Å²) in [6.45, 7) is 8.78. The molecule has 0 saturated carbocycles. The van der Waals surface area contributed by atoms with Crippen LogP contribution in [0.2, 0.25) is 0 Å². The maximum atomic E-state index is 13.0. The fourth-order valence-electron chi connectivity index (χ4n) is 3.84. The first-order chi connectivity index (χ1) is 12.8. The Labute approximate surface area is 162 Å². The van der Waals surface area contributed by atoms with Crippen LogP contribution in [0.1, 0.15) is 52.9 Å². The van der Waals surface area contributed by atoms with Gasteiger partial charge in [-0.3, -0.25) is 14.4 Å². The number of likely N-dealkylation sites (tertiary alicyclic amines) is 2. The SMILES string of the molecule is COCCCNC(=O)C1CCN(C(=O)C2CCCN2C(=O)C(C)(C)C)CC1. The molecule has 2 rings (SSSR count). The molecule has 0 bridgehead atoms. The average molecular weight is 382 g/mol. The number of rotatable bonds is 6. The average Bonchev–Trinajstić information content (AvgIpc) is 3.12. The lowest BCUT2D eigenvalue weighted by Crippen LogP contribution is -2.52. The number of hydrogen-bond donors (Lipinski definition) is 1. The van der Waals surface area contributed by atoms with E-state index in [0.717, 1.165) is 19.3 Å². The Bertz CT molecular complexity index is 536. The summed E-state index contributed by atoms with van der Waals surface area (Å²) < 4.78 is 4.98. The van der Waals surface area contributed by atoms with Gasteiger partial charge in [0.1, 0.15) is 6.04 Å². The lowest BCUT2D eigenvalue weighted by molar-refractivity contribution is -0.149. The molecule has 3 amide bonds. The second kappa shape index (κ2) is 9.53. The van der Waals surface area contributed by atoms with Crippen molar-refractivity contribution >= 4 is 17.7 Å². The highest BCUT2D eigenvalue weighted by Crippen LogP contribution is 2.28. The number of ether oxygens (including phenoxy) is 1. The molecule has 154 valence electrons. The first-order valence-corrected chi connectivity index (χ1v) is 10.1. The van der Waals surface area contributed by atoms with Crippen LogP contribution in [0, 0.1) is 11.3 Å². The van der Waals surface area contributed by atoms with Gasteiger partial charge >= 0.3 is 0 Å². The molecule has 0 spiro atoms. The van der Waals surface area contributed by atoms with E-state index >= 15 is 0 Å². The topological polar surface area (TPSA) is 79.0 Å². The van der Waals surface area contributed by atoms with Gasteiger partial charge in [-0.25, -0.2) is 0 Å². The van der Waals surface area contributed by atoms with Gasteiger partial charge in [0.05, 0.1) is 0 Å². The predicted octanol–water partition coefficient (Wildman–Crippen LogP) is 1.41. The van der Waals surface area contributed by atoms with E-state index < -0.39 is 5.41 Å². The summed E-state index contributed by atoms with van der Waals surface area (Å²) in [5, 5.41) is 2.95. The van der Waals surface area contributed by atoms with E-state index in [1.54, 1.807) is 12.0 Å². The fourth-order valence-corrected chi connectivity index (χ4v) is 3.84. The van der Waals surface area contributed by atoms with Gasteiger partial charge in [-0.1, -0.05) is 20.8 Å². The molecule has 1 unspecified atom stereocenters. The van der Waals surface area contributed by atoms with Gasteiger partial charge in [0, 0.05) is 51.2 Å². The lowest BCUT2D eigenvalue weighted by atomic mass is 9.93. The fraction of sp³-hybridized carbons (Fsp3) is 0.850. The van der Waals surface area contributed by atoms with Crippen molar-refractivity contribution in [3.8, 4) is 0 Å². The zero-order valence-corrected chi connectivity index (χ0v) is 17.3. The summed E-state index contributed by atoms with van der Waals surface area (Å²) in [6, 6.07) is -0.337. The van der Waals surface area contributed by atoms with Crippen LogP contribution in [0.25, 0.3) is 0 Å². The van der Waals surface area contributed by atoms with Crippen LogP contribution in [0.5, 0.6) is 0 Å². The van der Waals surface area contributed by atoms with Crippen molar-refractivity contribution in [3.05, 3.63) is 0 Å². The normalized spacial score (nSPS) is 21.4. The van der Waals surface area contributed by atoms with Gasteiger partial charge in [-0.05, 0) is 32.1 Å². The molecule has 7 nitrogen and oxygen atoms in total. The van der Waals surface area contributed by atoms with Gasteiger partial charge in [0.2, 0.25) is 17.7 Å². The molecule has 0 aromatic rings. The third-order valence-corrected chi connectivity index (χ3v) is 5.44. The highest BCUT2D eigenvalue weighted by atomic mass is 16.5. The minimum absolute atomic E-state index is 0.0347. The molecule has 0 aliphatic carbocycles. The molecule has 2 saturated heterocycles. The van der Waals surface area contributed by atoms with Crippen LogP contribution in [-0.2, 0) is 19.1 Å². The van der Waals surface area contributed by atoms with Crippen LogP contribution >= 0.6 is 0 Å². The third kappa shape index (κ3) is 5.67. The smallest absolute Gasteiger partial charge is 0.245 e. The Hall–Kier alpha value is -1.63. The second-order valence-electron chi connectivity index (χ2n) is 8.64. The van der Waals surface area contributed by atoms with Gasteiger partial charge < -0.3 is 19.9 Å². The van der Waals surface area contributed by atoms with Gasteiger partial charge in [0.15, 0.2) is 0 Å². The molecule has 1 atom stereocenters. The highest BCUT2D eigenvalue weighted by molar-refractivity contribution is 5.90. The first kappa shape index (κ1) is 21.7. The van der Waals surface area contributed by atoms with Crippen molar-refractivity contribution in [1.82, 2.24) is 15.1 Å². The maximum absolute atomic E-state index is 13.0. The molecule has 2 heterocycles. The van der Waals surface area contributed by atoms with E-state index in [1.807, 2.05) is 25.7 Å². The van der Waals surface area contributed by atoms with E-state index in [9.17, 15) is 14.4 Å². The Balaban J connectivity index is 1.84. The van der Waals surface area contributed by atoms with Gasteiger partial charge in [-0.15, -0.1) is 0 Å². The first-order valence-electron chi connectivity index (χ1n) is 10.1. The van der Waals surface area contributed by atoms with E-state index in [4.69, 9.17) is 4.74 Å². The van der Waals surface area contributed by atoms with Crippen molar-refractivity contribution in [3.63, 3.8) is 0 Å². The summed E-state index contributed by atoms with van der Waals surface area (Å²) in [5.74, 6) is 0.129. The van der Waals surface area contributed by atoms with Crippen LogP contribution in [-0.4, -0.2) is 73.5 Å². The summed E-state index contributed by atoms with van der Waals surface area (Å²) in [7, 11) is 1.65. The number of carbonyl (C=O) groups is 3. The molecule has 0 aromatic heterocycles. The molecular formula is C20H35N3O4. The Morgan fingerprint density at radius 2 is 1.74 bits per heavy atom. The van der Waals surface area contributed by atoms with Crippen molar-refractivity contribution in [2.75, 3.05) is 39.9 Å². The Morgan fingerprint density at radius 1 is 1.07 bits per heavy atom. The molecule has 0 aromatic carbocycles. The van der Waals surface area contributed by atoms with Crippen molar-refractivity contribution < 1.29 is 19.1 Å². The quantitative estimate of drug-likeness (QED) is 0.706. The number of methoxy groups -OCH3 is 1. The number of nitrogens with zero attached hydrogens (tertiary/aromatic N) is 2. The molecule has 2 aliphatic heterocycles. The Kier molecular flexibility index (Phi) is 7.65. The molecule has 7 heteroatoms. The van der Waals surface area contributed by atoms with E-state index in [2.05, 4.69) is 5.32 Å². The van der Waals surface area contributed by atoms with Gasteiger partial charge in [0.25, 0.3) is 0 Å². The minimum Gasteiger partial charge on any atom is -0.385 e. The van der Waals surface area contributed by atoms with Crippen molar-refractivity contribution in [2.45, 2.75) is 58.9 Å². The zero-order chi connectivity index (χ0) is 20.0. The summed E-state index contributed by atoms with van der Waals surface area (Å²) >= 11 is 0. The van der Waals surface area contributed by atoms with Crippen LogP contribution in [0.4, 0.5) is 0 Å². The monoisotopic (exact) mass is 381 g/mol. The second-order valence-corrected chi connectivity index (χ2v) is 8.64. The predicted molar refractivity (Wildman–Crippen MR) is 103 cm³/mol. The number of amides is 3. The van der Waals surface area contributed by atoms with Crippen molar-refractivity contribution in [1.29, 1.82) is 0 Å². The summed E-state index contributed by atoms with van der Waals surface area (Å²) in [6.07, 6.45) is 3.78. The van der Waals surface area contributed by atoms with Crippen LogP contribution < -0.4 is 5.32 Å². The lowest BCUT2D eigenvalue weighted by Gasteiger charge is -2.36. The number of piperidine rings is 1. The largest absolute Gasteiger partial charge is 0.385 e. The molecule has 2 aliphatic rings. The van der Waals surface area contributed by atoms with Crippen LogP contribution in [0.3, 0.4) is 0 Å². The van der Waals surface area contributed by atoms with E-state index in [0.29, 0.717) is 45.6 Å². The molecule has 0 radical (unpaired) electrons. The summed E-state index contributed by atoms with van der Waals surface area (Å²) in [4.78, 5) is 41.5. The zero-order valence-electron chi connectivity index (χ0n) is 17.3. The van der Waals surface area contributed by atoms with E-state index in [1.165, 1.54) is 0 Å². The molecular weight excluding hydrogens is 346 g/mol.